The molecule has 1 unspecified atom stereocenters. The Kier molecular flexibility index (Phi) is 6.38. The van der Waals surface area contributed by atoms with Gasteiger partial charge in [-0.05, 0) is 44.0 Å². The molecule has 1 aromatic carbocycles. The highest BCUT2D eigenvalue weighted by molar-refractivity contribution is 5.96. The first-order chi connectivity index (χ1) is 13.5. The summed E-state index contributed by atoms with van der Waals surface area (Å²) >= 11 is 0. The minimum absolute atomic E-state index is 0.0149. The minimum atomic E-state index is -0.232. The number of hydrogen-bond acceptors (Lipinski definition) is 5. The van der Waals surface area contributed by atoms with Gasteiger partial charge in [0.2, 0.25) is 5.91 Å². The molecule has 8 heteroatoms. The van der Waals surface area contributed by atoms with Crippen LogP contribution in [0.1, 0.15) is 26.2 Å². The summed E-state index contributed by atoms with van der Waals surface area (Å²) in [7, 11) is 1.38. The SMILES string of the molecule is CCOc1ccc(N2CC(NC(=O)N3CCC(C(=O)OC)CC3)CC2=O)cc1. The highest BCUT2D eigenvalue weighted by Crippen LogP contribution is 2.25. The van der Waals surface area contributed by atoms with Crippen LogP contribution in [0.2, 0.25) is 0 Å². The summed E-state index contributed by atoms with van der Waals surface area (Å²) in [5.74, 6) is 0.390. The van der Waals surface area contributed by atoms with Crippen molar-refractivity contribution in [2.45, 2.75) is 32.2 Å². The van der Waals surface area contributed by atoms with Gasteiger partial charge in [-0.15, -0.1) is 0 Å². The summed E-state index contributed by atoms with van der Waals surface area (Å²) in [6.07, 6.45) is 1.47. The van der Waals surface area contributed by atoms with Crippen molar-refractivity contribution < 1.29 is 23.9 Å². The molecule has 0 bridgehead atoms. The van der Waals surface area contributed by atoms with Crippen LogP contribution in [0.25, 0.3) is 0 Å². The fourth-order valence-electron chi connectivity index (χ4n) is 3.69. The average Bonchev–Trinajstić information content (AvgIpc) is 3.08. The van der Waals surface area contributed by atoms with E-state index >= 15 is 0 Å². The Morgan fingerprint density at radius 2 is 1.86 bits per heavy atom. The van der Waals surface area contributed by atoms with Gasteiger partial charge in [-0.1, -0.05) is 0 Å². The van der Waals surface area contributed by atoms with Gasteiger partial charge in [0.05, 0.1) is 25.7 Å². The normalized spacial score (nSPS) is 20.2. The zero-order chi connectivity index (χ0) is 20.1. The second kappa shape index (κ2) is 8.95. The van der Waals surface area contributed by atoms with Crippen molar-refractivity contribution in [2.24, 2.45) is 5.92 Å². The highest BCUT2D eigenvalue weighted by atomic mass is 16.5. The molecule has 0 saturated carbocycles. The number of carbonyl (C=O) groups excluding carboxylic acids is 3. The van der Waals surface area contributed by atoms with Crippen molar-refractivity contribution in [3.8, 4) is 5.75 Å². The van der Waals surface area contributed by atoms with Gasteiger partial charge in [0, 0.05) is 31.7 Å². The molecule has 0 aliphatic carbocycles. The highest BCUT2D eigenvalue weighted by Gasteiger charge is 2.34. The van der Waals surface area contributed by atoms with Gasteiger partial charge in [0.1, 0.15) is 5.75 Å². The lowest BCUT2D eigenvalue weighted by Crippen LogP contribution is -2.49. The van der Waals surface area contributed by atoms with E-state index in [0.717, 1.165) is 11.4 Å². The molecule has 1 atom stereocenters. The molecule has 0 radical (unpaired) electrons. The standard InChI is InChI=1S/C20H27N3O5/c1-3-28-17-6-4-16(5-7-17)23-13-15(12-18(23)24)21-20(26)22-10-8-14(9-11-22)19(25)27-2/h4-7,14-15H,3,8-13H2,1-2H3,(H,21,26). The third-order valence-electron chi connectivity index (χ3n) is 5.23. The van der Waals surface area contributed by atoms with Crippen LogP contribution in [-0.2, 0) is 14.3 Å². The number of ether oxygens (including phenoxy) is 2. The maximum atomic E-state index is 12.5. The number of likely N-dealkylation sites (tertiary alicyclic amines) is 1. The van der Waals surface area contributed by atoms with Crippen LogP contribution in [0.15, 0.2) is 24.3 Å². The summed E-state index contributed by atoms with van der Waals surface area (Å²) in [5, 5.41) is 2.95. The lowest BCUT2D eigenvalue weighted by Gasteiger charge is -2.31. The van der Waals surface area contributed by atoms with Crippen LogP contribution in [0.4, 0.5) is 10.5 Å². The molecule has 2 saturated heterocycles. The van der Waals surface area contributed by atoms with Crippen LogP contribution in [0.5, 0.6) is 5.75 Å². The number of hydrogen-bond donors (Lipinski definition) is 1. The van der Waals surface area contributed by atoms with E-state index in [2.05, 4.69) is 5.32 Å². The van der Waals surface area contributed by atoms with Crippen molar-refractivity contribution >= 4 is 23.6 Å². The third kappa shape index (κ3) is 4.55. The molecule has 0 aromatic heterocycles. The predicted octanol–water partition coefficient (Wildman–Crippen LogP) is 1.79. The number of nitrogens with one attached hydrogen (secondary N) is 1. The maximum Gasteiger partial charge on any atom is 0.317 e. The molecule has 3 rings (SSSR count). The molecule has 152 valence electrons. The van der Waals surface area contributed by atoms with E-state index in [-0.39, 0.29) is 36.3 Å². The number of urea groups is 1. The Labute approximate surface area is 164 Å². The van der Waals surface area contributed by atoms with Crippen molar-refractivity contribution in [1.29, 1.82) is 0 Å². The topological polar surface area (TPSA) is 88.2 Å². The van der Waals surface area contributed by atoms with Gasteiger partial charge in [0.25, 0.3) is 0 Å². The minimum Gasteiger partial charge on any atom is -0.494 e. The number of carbonyl (C=O) groups is 3. The molecule has 2 aliphatic heterocycles. The number of methoxy groups -OCH3 is 1. The van der Waals surface area contributed by atoms with E-state index in [1.54, 1.807) is 9.80 Å². The van der Waals surface area contributed by atoms with E-state index < -0.39 is 0 Å². The number of rotatable bonds is 5. The first-order valence-electron chi connectivity index (χ1n) is 9.68. The summed E-state index contributed by atoms with van der Waals surface area (Å²) in [4.78, 5) is 39.9. The van der Waals surface area contributed by atoms with Crippen LogP contribution in [-0.4, -0.2) is 62.2 Å². The Bertz CT molecular complexity index is 713. The van der Waals surface area contributed by atoms with Gasteiger partial charge in [-0.3, -0.25) is 9.59 Å². The lowest BCUT2D eigenvalue weighted by molar-refractivity contribution is -0.146. The first-order valence-corrected chi connectivity index (χ1v) is 9.68. The quantitative estimate of drug-likeness (QED) is 0.776. The smallest absolute Gasteiger partial charge is 0.317 e. The molecule has 3 amide bonds. The zero-order valence-electron chi connectivity index (χ0n) is 16.3. The predicted molar refractivity (Wildman–Crippen MR) is 103 cm³/mol. The number of piperidine rings is 1. The van der Waals surface area contributed by atoms with Gasteiger partial charge < -0.3 is 24.6 Å². The van der Waals surface area contributed by atoms with E-state index in [1.165, 1.54) is 7.11 Å². The number of esters is 1. The van der Waals surface area contributed by atoms with Crippen molar-refractivity contribution in [2.75, 3.05) is 38.3 Å². The van der Waals surface area contributed by atoms with E-state index in [4.69, 9.17) is 9.47 Å². The maximum absolute atomic E-state index is 12.5. The molecule has 0 spiro atoms. The molecular weight excluding hydrogens is 362 g/mol. The summed E-state index contributed by atoms with van der Waals surface area (Å²) in [6.45, 7) is 3.97. The van der Waals surface area contributed by atoms with Crippen LogP contribution in [0, 0.1) is 5.92 Å². The lowest BCUT2D eigenvalue weighted by atomic mass is 9.97. The molecule has 8 nitrogen and oxygen atoms in total. The summed E-state index contributed by atoms with van der Waals surface area (Å²) in [5.41, 5.74) is 0.795. The molecule has 1 N–H and O–H groups in total. The van der Waals surface area contributed by atoms with E-state index in [1.807, 2.05) is 31.2 Å². The zero-order valence-corrected chi connectivity index (χ0v) is 16.3. The van der Waals surface area contributed by atoms with E-state index in [0.29, 0.717) is 39.1 Å². The molecule has 28 heavy (non-hydrogen) atoms. The number of amides is 3. The van der Waals surface area contributed by atoms with Crippen molar-refractivity contribution in [3.05, 3.63) is 24.3 Å². The Balaban J connectivity index is 1.51. The molecule has 2 aliphatic rings. The van der Waals surface area contributed by atoms with Crippen LogP contribution >= 0.6 is 0 Å². The van der Waals surface area contributed by atoms with Gasteiger partial charge in [-0.25, -0.2) is 4.79 Å². The van der Waals surface area contributed by atoms with Gasteiger partial charge in [-0.2, -0.15) is 0 Å². The van der Waals surface area contributed by atoms with Crippen LogP contribution in [0.3, 0.4) is 0 Å². The van der Waals surface area contributed by atoms with E-state index in [9.17, 15) is 14.4 Å². The number of nitrogens with zero attached hydrogens (tertiary/aromatic N) is 2. The monoisotopic (exact) mass is 389 g/mol. The second-order valence-electron chi connectivity index (χ2n) is 7.07. The summed E-state index contributed by atoms with van der Waals surface area (Å²) in [6, 6.07) is 6.96. The molecule has 2 fully saturated rings. The first kappa shape index (κ1) is 20.0. The Hall–Kier alpha value is -2.77. The van der Waals surface area contributed by atoms with Crippen molar-refractivity contribution in [1.82, 2.24) is 10.2 Å². The largest absolute Gasteiger partial charge is 0.494 e. The molecule has 2 heterocycles. The molecule has 1 aromatic rings. The summed E-state index contributed by atoms with van der Waals surface area (Å²) < 4.78 is 10.2. The number of benzene rings is 1. The third-order valence-corrected chi connectivity index (χ3v) is 5.23. The average molecular weight is 389 g/mol. The second-order valence-corrected chi connectivity index (χ2v) is 7.07. The van der Waals surface area contributed by atoms with Gasteiger partial charge in [0.15, 0.2) is 0 Å². The fraction of sp³-hybridized carbons (Fsp3) is 0.550. The molecular formula is C20H27N3O5. The van der Waals surface area contributed by atoms with Crippen molar-refractivity contribution in [3.63, 3.8) is 0 Å². The van der Waals surface area contributed by atoms with Gasteiger partial charge >= 0.3 is 12.0 Å². The van der Waals surface area contributed by atoms with Crippen LogP contribution < -0.4 is 15.0 Å². The Morgan fingerprint density at radius 1 is 1.18 bits per heavy atom. The fourth-order valence-corrected chi connectivity index (χ4v) is 3.69. The Morgan fingerprint density at radius 3 is 2.46 bits per heavy atom. The number of anilines is 1.